The van der Waals surface area contributed by atoms with Gasteiger partial charge in [0.2, 0.25) is 0 Å². The van der Waals surface area contributed by atoms with Gasteiger partial charge in [-0.3, -0.25) is 4.79 Å². The molecule has 0 saturated heterocycles. The van der Waals surface area contributed by atoms with Crippen LogP contribution in [0, 0.1) is 5.92 Å². The lowest BCUT2D eigenvalue weighted by Crippen LogP contribution is -2.18. The largest absolute Gasteiger partial charge is 0.497 e. The molecule has 6 nitrogen and oxygen atoms in total. The number of esters is 1. The third-order valence-electron chi connectivity index (χ3n) is 5.18. The van der Waals surface area contributed by atoms with Crippen molar-refractivity contribution in [2.24, 2.45) is 5.92 Å². The van der Waals surface area contributed by atoms with Crippen molar-refractivity contribution in [3.05, 3.63) is 56.4 Å². The van der Waals surface area contributed by atoms with Crippen LogP contribution in [0.3, 0.4) is 0 Å². The molecule has 0 amide bonds. The van der Waals surface area contributed by atoms with E-state index in [0.29, 0.717) is 28.4 Å². The van der Waals surface area contributed by atoms with Crippen molar-refractivity contribution in [2.45, 2.75) is 39.2 Å². The first kappa shape index (κ1) is 18.7. The van der Waals surface area contributed by atoms with E-state index in [1.807, 2.05) is 0 Å². The Morgan fingerprint density at radius 3 is 2.79 bits per heavy atom. The summed E-state index contributed by atoms with van der Waals surface area (Å²) in [4.78, 5) is 34.5. The number of benzene rings is 1. The summed E-state index contributed by atoms with van der Waals surface area (Å²) in [6.45, 7) is 3.94. The lowest BCUT2D eigenvalue weighted by atomic mass is 9.89. The van der Waals surface area contributed by atoms with Crippen molar-refractivity contribution in [2.75, 3.05) is 7.11 Å². The maximum atomic E-state index is 12.7. The van der Waals surface area contributed by atoms with Gasteiger partial charge in [-0.15, -0.1) is 11.3 Å². The molecule has 7 heteroatoms. The van der Waals surface area contributed by atoms with Gasteiger partial charge < -0.3 is 14.5 Å². The minimum absolute atomic E-state index is 0.153. The summed E-state index contributed by atoms with van der Waals surface area (Å²) in [5.74, 6) is 1.18. The number of aromatic nitrogens is 2. The van der Waals surface area contributed by atoms with E-state index in [9.17, 15) is 9.59 Å². The smallest absolute Gasteiger partial charge is 0.338 e. The summed E-state index contributed by atoms with van der Waals surface area (Å²) in [5.41, 5.74) is 1.40. The van der Waals surface area contributed by atoms with E-state index < -0.39 is 12.1 Å². The van der Waals surface area contributed by atoms with Crippen LogP contribution < -0.4 is 10.3 Å². The van der Waals surface area contributed by atoms with Gasteiger partial charge in [-0.05, 0) is 61.9 Å². The molecule has 0 fully saturated rings. The Bertz CT molecular complexity index is 1080. The molecule has 2 heterocycles. The summed E-state index contributed by atoms with van der Waals surface area (Å²) in [6.07, 6.45) is 2.34. The molecule has 0 unspecified atom stereocenters. The summed E-state index contributed by atoms with van der Waals surface area (Å²) < 4.78 is 10.6. The average molecular weight is 398 g/mol. The van der Waals surface area contributed by atoms with Gasteiger partial charge in [0.15, 0.2) is 11.9 Å². The Morgan fingerprint density at radius 2 is 2.07 bits per heavy atom. The van der Waals surface area contributed by atoms with Crippen LogP contribution in [0.5, 0.6) is 5.75 Å². The molecular formula is C21H22N2O4S. The summed E-state index contributed by atoms with van der Waals surface area (Å²) >= 11 is 1.58. The van der Waals surface area contributed by atoms with Crippen LogP contribution >= 0.6 is 11.3 Å². The summed E-state index contributed by atoms with van der Waals surface area (Å²) in [7, 11) is 1.57. The van der Waals surface area contributed by atoms with Crippen LogP contribution in [-0.4, -0.2) is 23.0 Å². The van der Waals surface area contributed by atoms with Crippen molar-refractivity contribution < 1.29 is 14.3 Å². The van der Waals surface area contributed by atoms with Crippen molar-refractivity contribution in [1.82, 2.24) is 9.97 Å². The average Bonchev–Trinajstić information content (AvgIpc) is 3.05. The fraction of sp³-hybridized carbons (Fsp3) is 0.381. The van der Waals surface area contributed by atoms with Gasteiger partial charge in [-0.2, -0.15) is 0 Å². The zero-order valence-electron chi connectivity index (χ0n) is 16.1. The van der Waals surface area contributed by atoms with Gasteiger partial charge in [0.25, 0.3) is 5.56 Å². The zero-order chi connectivity index (χ0) is 19.8. The Morgan fingerprint density at radius 1 is 1.32 bits per heavy atom. The van der Waals surface area contributed by atoms with Crippen LogP contribution in [0.15, 0.2) is 29.1 Å². The molecule has 146 valence electrons. The van der Waals surface area contributed by atoms with Crippen molar-refractivity contribution >= 4 is 27.5 Å². The first-order chi connectivity index (χ1) is 13.5. The molecule has 3 aromatic rings. The quantitative estimate of drug-likeness (QED) is 0.671. The number of nitrogens with one attached hydrogen (secondary N) is 1. The number of hydrogen-bond acceptors (Lipinski definition) is 6. The maximum absolute atomic E-state index is 12.7. The lowest BCUT2D eigenvalue weighted by molar-refractivity contribution is 0.0320. The minimum Gasteiger partial charge on any atom is -0.497 e. The monoisotopic (exact) mass is 398 g/mol. The van der Waals surface area contributed by atoms with Crippen LogP contribution in [0.25, 0.3) is 10.2 Å². The number of thiophene rings is 1. The molecule has 0 saturated carbocycles. The Balaban J connectivity index is 1.59. The van der Waals surface area contributed by atoms with E-state index >= 15 is 0 Å². The number of ether oxygens (including phenoxy) is 2. The molecule has 2 atom stereocenters. The van der Waals surface area contributed by atoms with Gasteiger partial charge in [-0.25, -0.2) is 9.78 Å². The molecule has 0 aliphatic heterocycles. The third-order valence-corrected chi connectivity index (χ3v) is 6.33. The van der Waals surface area contributed by atoms with Crippen LogP contribution in [0.4, 0.5) is 0 Å². The highest BCUT2D eigenvalue weighted by Gasteiger charge is 2.24. The number of H-pyrrole nitrogens is 1. The number of nitrogens with zero attached hydrogens (tertiary/aromatic N) is 1. The number of carbonyl (C=O) groups is 1. The van der Waals surface area contributed by atoms with Crippen molar-refractivity contribution in [3.8, 4) is 5.75 Å². The van der Waals surface area contributed by atoms with Gasteiger partial charge in [-0.1, -0.05) is 6.92 Å². The van der Waals surface area contributed by atoms with Crippen molar-refractivity contribution in [3.63, 3.8) is 0 Å². The highest BCUT2D eigenvalue weighted by Crippen LogP contribution is 2.36. The van der Waals surface area contributed by atoms with E-state index in [1.54, 1.807) is 49.6 Å². The summed E-state index contributed by atoms with van der Waals surface area (Å²) in [5, 5.41) is 0.698. The number of carbonyl (C=O) groups excluding carboxylic acids is 1. The van der Waals surface area contributed by atoms with E-state index in [1.165, 1.54) is 4.88 Å². The molecule has 1 aliphatic rings. The van der Waals surface area contributed by atoms with Crippen LogP contribution in [0.1, 0.15) is 53.0 Å². The summed E-state index contributed by atoms with van der Waals surface area (Å²) in [6, 6.07) is 6.68. The second-order valence-corrected chi connectivity index (χ2v) is 8.34. The van der Waals surface area contributed by atoms with E-state index in [2.05, 4.69) is 16.9 Å². The molecule has 0 bridgehead atoms. The number of methoxy groups -OCH3 is 1. The highest BCUT2D eigenvalue weighted by molar-refractivity contribution is 7.18. The number of aromatic amines is 1. The lowest BCUT2D eigenvalue weighted by Gasteiger charge is -2.17. The molecule has 1 aromatic carbocycles. The number of hydrogen-bond donors (Lipinski definition) is 1. The maximum Gasteiger partial charge on any atom is 0.338 e. The fourth-order valence-electron chi connectivity index (χ4n) is 3.57. The third kappa shape index (κ3) is 3.42. The molecule has 1 aliphatic carbocycles. The van der Waals surface area contributed by atoms with Crippen LogP contribution in [0.2, 0.25) is 0 Å². The van der Waals surface area contributed by atoms with E-state index in [4.69, 9.17) is 9.47 Å². The second kappa shape index (κ2) is 7.39. The Kier molecular flexibility index (Phi) is 4.93. The topological polar surface area (TPSA) is 81.3 Å². The molecule has 2 aromatic heterocycles. The predicted octanol–water partition coefficient (Wildman–Crippen LogP) is 4.04. The van der Waals surface area contributed by atoms with Gasteiger partial charge in [0.1, 0.15) is 10.6 Å². The minimum atomic E-state index is -0.662. The van der Waals surface area contributed by atoms with E-state index in [0.717, 1.165) is 29.7 Å². The Labute approximate surface area is 166 Å². The van der Waals surface area contributed by atoms with Crippen LogP contribution in [-0.2, 0) is 17.6 Å². The number of fused-ring (bicyclic) bond motifs is 3. The van der Waals surface area contributed by atoms with E-state index in [-0.39, 0.29) is 5.56 Å². The second-order valence-electron chi connectivity index (χ2n) is 7.26. The molecular weight excluding hydrogens is 376 g/mol. The predicted molar refractivity (Wildman–Crippen MR) is 108 cm³/mol. The zero-order valence-corrected chi connectivity index (χ0v) is 16.9. The normalized spacial score (nSPS) is 17.2. The standard InChI is InChI=1S/C21H22N2O4S/c1-11-4-9-15-16(10-11)28-20-17(15)19(24)22-18(23-20)12(2)27-21(25)13-5-7-14(26-3)8-6-13/h5-8,11-12H,4,9-10H2,1-3H3,(H,22,23,24)/t11-,12-/m1/s1. The first-order valence-electron chi connectivity index (χ1n) is 9.35. The van der Waals surface area contributed by atoms with Crippen molar-refractivity contribution in [1.29, 1.82) is 0 Å². The molecule has 1 N–H and O–H groups in total. The first-order valence-corrected chi connectivity index (χ1v) is 10.2. The molecule has 0 radical (unpaired) electrons. The van der Waals surface area contributed by atoms with Gasteiger partial charge in [0.05, 0.1) is 18.1 Å². The number of rotatable bonds is 4. The molecule has 28 heavy (non-hydrogen) atoms. The Hall–Kier alpha value is -2.67. The fourth-order valence-corrected chi connectivity index (χ4v) is 4.96. The molecule has 0 spiro atoms. The number of aryl methyl sites for hydroxylation is 1. The highest BCUT2D eigenvalue weighted by atomic mass is 32.1. The molecule has 4 rings (SSSR count). The SMILES string of the molecule is COc1ccc(C(=O)O[C@H](C)c2nc3sc4c(c3c(=O)[nH]2)CC[C@@H](C)C4)cc1. The van der Waals surface area contributed by atoms with Gasteiger partial charge in [0, 0.05) is 4.88 Å². The van der Waals surface area contributed by atoms with Gasteiger partial charge >= 0.3 is 5.97 Å².